The highest BCUT2D eigenvalue weighted by Gasteiger charge is 2.42. The number of hydrogen-bond acceptors (Lipinski definition) is 5. The van der Waals surface area contributed by atoms with E-state index in [9.17, 15) is 19.2 Å². The Hall–Kier alpha value is -3.10. The molecule has 4 amide bonds. The van der Waals surface area contributed by atoms with E-state index in [0.29, 0.717) is 5.56 Å². The number of amides is 4. The maximum Gasteiger partial charge on any atom is 0.408 e. The van der Waals surface area contributed by atoms with Crippen LogP contribution < -0.4 is 16.4 Å². The number of carbonyl (C=O) groups is 4. The third-order valence-corrected chi connectivity index (χ3v) is 6.09. The summed E-state index contributed by atoms with van der Waals surface area (Å²) in [5.74, 6) is -1.43. The molecule has 9 heteroatoms. The van der Waals surface area contributed by atoms with Gasteiger partial charge in [-0.25, -0.2) is 4.79 Å². The van der Waals surface area contributed by atoms with Crippen LogP contribution in [0.3, 0.4) is 0 Å². The van der Waals surface area contributed by atoms with E-state index in [0.717, 1.165) is 24.0 Å². The highest BCUT2D eigenvalue weighted by Crippen LogP contribution is 2.32. The molecule has 1 rings (SSSR count). The second-order valence-electron chi connectivity index (χ2n) is 12.0. The summed E-state index contributed by atoms with van der Waals surface area (Å²) in [7, 11) is 0. The zero-order valence-electron chi connectivity index (χ0n) is 24.9. The summed E-state index contributed by atoms with van der Waals surface area (Å²) in [4.78, 5) is 53.8. The van der Waals surface area contributed by atoms with E-state index in [2.05, 4.69) is 10.6 Å². The minimum atomic E-state index is -1.13. The fourth-order valence-corrected chi connectivity index (χ4v) is 4.19. The van der Waals surface area contributed by atoms with Crippen molar-refractivity contribution in [3.63, 3.8) is 0 Å². The van der Waals surface area contributed by atoms with E-state index in [1.807, 2.05) is 66.7 Å². The van der Waals surface area contributed by atoms with Crippen LogP contribution >= 0.6 is 0 Å². The Morgan fingerprint density at radius 2 is 1.58 bits per heavy atom. The maximum absolute atomic E-state index is 14.2. The lowest BCUT2D eigenvalue weighted by molar-refractivity contribution is -0.149. The average Bonchev–Trinajstić information content (AvgIpc) is 2.74. The molecule has 0 aliphatic rings. The van der Waals surface area contributed by atoms with E-state index in [4.69, 9.17) is 10.5 Å². The van der Waals surface area contributed by atoms with Crippen LogP contribution in [-0.2, 0) is 19.1 Å². The molecule has 1 aromatic rings. The lowest BCUT2D eigenvalue weighted by Gasteiger charge is -2.43. The van der Waals surface area contributed by atoms with Crippen molar-refractivity contribution in [1.29, 1.82) is 0 Å². The second kappa shape index (κ2) is 13.6. The number of nitrogens with zero attached hydrogens (tertiary/aromatic N) is 1. The van der Waals surface area contributed by atoms with Crippen molar-refractivity contribution < 1.29 is 23.9 Å². The molecule has 0 saturated carbocycles. The van der Waals surface area contributed by atoms with Gasteiger partial charge >= 0.3 is 6.09 Å². The maximum atomic E-state index is 14.2. The summed E-state index contributed by atoms with van der Waals surface area (Å²) in [6.07, 6.45) is 0.729. The Bertz CT molecular complexity index is 994. The van der Waals surface area contributed by atoms with Gasteiger partial charge in [0.15, 0.2) is 0 Å². The number of alkyl carbamates (subject to hydrolysis) is 1. The van der Waals surface area contributed by atoms with Gasteiger partial charge in [-0.15, -0.1) is 0 Å². The Morgan fingerprint density at radius 3 is 2.05 bits per heavy atom. The molecule has 3 unspecified atom stereocenters. The Labute approximate surface area is 228 Å². The molecule has 0 aliphatic heterocycles. The van der Waals surface area contributed by atoms with Gasteiger partial charge in [-0.1, -0.05) is 31.5 Å². The molecule has 3 atom stereocenters. The predicted octanol–water partition coefficient (Wildman–Crippen LogP) is 4.44. The average molecular weight is 533 g/mol. The Balaban J connectivity index is 3.63. The lowest BCUT2D eigenvalue weighted by Crippen LogP contribution is -2.59. The van der Waals surface area contributed by atoms with Crippen LogP contribution in [0.15, 0.2) is 18.2 Å². The molecule has 0 bridgehead atoms. The fraction of sp³-hybridized carbons (Fsp3) is 0.655. The van der Waals surface area contributed by atoms with E-state index in [1.54, 1.807) is 20.8 Å². The molecule has 0 radical (unpaired) electrons. The van der Waals surface area contributed by atoms with Crippen LogP contribution in [0, 0.1) is 13.8 Å². The van der Waals surface area contributed by atoms with Crippen molar-refractivity contribution in [3.8, 4) is 0 Å². The van der Waals surface area contributed by atoms with Gasteiger partial charge in [-0.2, -0.15) is 0 Å². The summed E-state index contributed by atoms with van der Waals surface area (Å²) >= 11 is 0. The largest absolute Gasteiger partial charge is 0.444 e. The zero-order valence-corrected chi connectivity index (χ0v) is 24.9. The van der Waals surface area contributed by atoms with Crippen molar-refractivity contribution in [2.45, 2.75) is 124 Å². The summed E-state index contributed by atoms with van der Waals surface area (Å²) in [5.41, 5.74) is 6.46. The first-order chi connectivity index (χ1) is 17.4. The third kappa shape index (κ3) is 10.3. The van der Waals surface area contributed by atoms with Crippen LogP contribution in [-0.4, -0.2) is 51.9 Å². The van der Waals surface area contributed by atoms with Crippen molar-refractivity contribution in [2.75, 3.05) is 0 Å². The number of nitrogens with one attached hydrogen (secondary N) is 2. The Morgan fingerprint density at radius 1 is 0.974 bits per heavy atom. The molecule has 0 saturated heterocycles. The minimum absolute atomic E-state index is 0.0342. The summed E-state index contributed by atoms with van der Waals surface area (Å²) in [6.45, 7) is 18.6. The third-order valence-electron chi connectivity index (χ3n) is 6.09. The molecule has 0 fully saturated rings. The fourth-order valence-electron chi connectivity index (χ4n) is 4.19. The van der Waals surface area contributed by atoms with Gasteiger partial charge in [0.05, 0.1) is 0 Å². The van der Waals surface area contributed by atoms with Crippen molar-refractivity contribution in [2.24, 2.45) is 5.73 Å². The first kappa shape index (κ1) is 32.9. The smallest absolute Gasteiger partial charge is 0.408 e. The summed E-state index contributed by atoms with van der Waals surface area (Å²) < 4.78 is 5.38. The number of primary amides is 1. The van der Waals surface area contributed by atoms with Gasteiger partial charge < -0.3 is 26.0 Å². The topological polar surface area (TPSA) is 131 Å². The second-order valence-corrected chi connectivity index (χ2v) is 12.0. The van der Waals surface area contributed by atoms with Crippen LogP contribution in [0.4, 0.5) is 4.79 Å². The summed E-state index contributed by atoms with van der Waals surface area (Å²) in [6, 6.07) is 3.49. The number of hydrogen-bond donors (Lipinski definition) is 3. The molecule has 38 heavy (non-hydrogen) atoms. The normalized spacial score (nSPS) is 14.2. The van der Waals surface area contributed by atoms with Crippen LogP contribution in [0.2, 0.25) is 0 Å². The number of rotatable bonds is 11. The van der Waals surface area contributed by atoms with Crippen molar-refractivity contribution >= 4 is 23.8 Å². The van der Waals surface area contributed by atoms with Crippen molar-refractivity contribution in [3.05, 3.63) is 34.9 Å². The van der Waals surface area contributed by atoms with Gasteiger partial charge in [0.2, 0.25) is 17.7 Å². The number of carbonyl (C=O) groups excluding carboxylic acids is 4. The monoisotopic (exact) mass is 532 g/mol. The lowest BCUT2D eigenvalue weighted by atomic mass is 9.93. The van der Waals surface area contributed by atoms with E-state index >= 15 is 0 Å². The van der Waals surface area contributed by atoms with E-state index in [-0.39, 0.29) is 24.8 Å². The van der Waals surface area contributed by atoms with Crippen LogP contribution in [0.1, 0.15) is 104 Å². The Kier molecular flexibility index (Phi) is 11.8. The van der Waals surface area contributed by atoms with Crippen molar-refractivity contribution in [1.82, 2.24) is 15.5 Å². The molecule has 0 heterocycles. The molecular formula is C29H48N4O5. The van der Waals surface area contributed by atoms with Gasteiger partial charge in [0.1, 0.15) is 17.7 Å². The molecule has 0 aromatic heterocycles. The number of benzene rings is 1. The first-order valence-electron chi connectivity index (χ1n) is 13.4. The molecule has 214 valence electrons. The minimum Gasteiger partial charge on any atom is -0.444 e. The first-order valence-corrected chi connectivity index (χ1v) is 13.4. The summed E-state index contributed by atoms with van der Waals surface area (Å²) in [5, 5.41) is 5.68. The van der Waals surface area contributed by atoms with Gasteiger partial charge in [-0.3, -0.25) is 14.4 Å². The molecular weight excluding hydrogens is 484 g/mol. The zero-order chi connectivity index (χ0) is 29.4. The van der Waals surface area contributed by atoms with Crippen LogP contribution in [0.5, 0.6) is 0 Å². The highest BCUT2D eigenvalue weighted by molar-refractivity contribution is 5.93. The standard InChI is InChI=1S/C29H48N4O5/c1-11-12-20(4)31-25(35)24(21-14-13-18(2)19(3)17-21)33(28(5,6)7)26(36)22(15-16-23(30)34)32-27(37)38-29(8,9)10/h13-14,17,20,22,24H,11-12,15-16H2,1-10H3,(H2,30,34)(H,31,35)(H,32,37). The SMILES string of the molecule is CCCC(C)NC(=O)C(c1ccc(C)c(C)c1)N(C(=O)C(CCC(N)=O)NC(=O)OC(C)(C)C)C(C)(C)C. The van der Waals surface area contributed by atoms with Gasteiger partial charge in [0.25, 0.3) is 0 Å². The number of nitrogens with two attached hydrogens (primary N) is 1. The molecule has 0 aliphatic carbocycles. The highest BCUT2D eigenvalue weighted by atomic mass is 16.6. The predicted molar refractivity (Wildman–Crippen MR) is 149 cm³/mol. The number of aryl methyl sites for hydroxylation is 2. The molecule has 4 N–H and O–H groups in total. The van der Waals surface area contributed by atoms with Gasteiger partial charge in [0, 0.05) is 18.0 Å². The van der Waals surface area contributed by atoms with Gasteiger partial charge in [-0.05, 0) is 91.8 Å². The van der Waals surface area contributed by atoms with E-state index < -0.39 is 41.1 Å². The molecule has 9 nitrogen and oxygen atoms in total. The molecule has 0 spiro atoms. The van der Waals surface area contributed by atoms with Crippen LogP contribution in [0.25, 0.3) is 0 Å². The quantitative estimate of drug-likeness (QED) is 0.388. The molecule has 1 aromatic carbocycles. The number of ether oxygens (including phenoxy) is 1. The van der Waals surface area contributed by atoms with E-state index in [1.165, 1.54) is 4.90 Å².